The van der Waals surface area contributed by atoms with Gasteiger partial charge >= 0.3 is 0 Å². The van der Waals surface area contributed by atoms with E-state index in [2.05, 4.69) is 4.98 Å². The van der Waals surface area contributed by atoms with Gasteiger partial charge in [0.1, 0.15) is 10.8 Å². The van der Waals surface area contributed by atoms with Gasteiger partial charge < -0.3 is 0 Å². The third-order valence-electron chi connectivity index (χ3n) is 1.64. The summed E-state index contributed by atoms with van der Waals surface area (Å²) in [6, 6.07) is 0. The van der Waals surface area contributed by atoms with Gasteiger partial charge in [-0.3, -0.25) is 0 Å². The molecule has 0 aliphatic carbocycles. The van der Waals surface area contributed by atoms with E-state index in [1.807, 2.05) is 26.2 Å². The van der Waals surface area contributed by atoms with Crippen LogP contribution in [0.5, 0.6) is 0 Å². The summed E-state index contributed by atoms with van der Waals surface area (Å²) in [6.45, 7) is 6.09. The molecular formula is C8H14N2O2S2. The molecule has 0 aliphatic rings. The summed E-state index contributed by atoms with van der Waals surface area (Å²) in [5.41, 5.74) is 0.855. The highest BCUT2D eigenvalue weighted by Gasteiger charge is 2.18. The Labute approximate surface area is 88.2 Å². The second-order valence-electron chi connectivity index (χ2n) is 4.18. The zero-order valence-corrected chi connectivity index (χ0v) is 10.1. The molecule has 6 heteroatoms. The fourth-order valence-corrected chi connectivity index (χ4v) is 2.87. The van der Waals surface area contributed by atoms with E-state index in [4.69, 9.17) is 5.14 Å². The van der Waals surface area contributed by atoms with Gasteiger partial charge in [-0.2, -0.15) is 0 Å². The minimum atomic E-state index is -3.46. The molecule has 80 valence electrons. The van der Waals surface area contributed by atoms with Crippen molar-refractivity contribution in [1.29, 1.82) is 0 Å². The van der Waals surface area contributed by atoms with Gasteiger partial charge in [0.2, 0.25) is 10.0 Å². The van der Waals surface area contributed by atoms with Crippen molar-refractivity contribution in [1.82, 2.24) is 4.98 Å². The molecule has 0 spiro atoms. The Morgan fingerprint density at radius 2 is 2.07 bits per heavy atom. The first kappa shape index (κ1) is 11.6. The normalized spacial score (nSPS) is 13.1. The zero-order chi connectivity index (χ0) is 11.0. The molecular weight excluding hydrogens is 220 g/mol. The van der Waals surface area contributed by atoms with Crippen LogP contribution >= 0.6 is 11.3 Å². The van der Waals surface area contributed by atoms with Gasteiger partial charge in [-0.25, -0.2) is 18.5 Å². The van der Waals surface area contributed by atoms with E-state index in [1.165, 1.54) is 11.3 Å². The lowest BCUT2D eigenvalue weighted by atomic mass is 9.93. The maximum atomic E-state index is 10.8. The van der Waals surface area contributed by atoms with Crippen LogP contribution in [0.15, 0.2) is 5.38 Å². The third-order valence-corrected chi connectivity index (χ3v) is 3.35. The molecule has 0 aliphatic heterocycles. The van der Waals surface area contributed by atoms with Crippen molar-refractivity contribution >= 4 is 21.4 Å². The molecule has 0 fully saturated rings. The molecule has 1 aromatic rings. The predicted octanol–water partition coefficient (Wildman–Crippen LogP) is 1.23. The number of nitrogens with zero attached hydrogens (tertiary/aromatic N) is 1. The Kier molecular flexibility index (Phi) is 2.99. The minimum Gasteiger partial charge on any atom is -0.245 e. The average Bonchev–Trinajstić information content (AvgIpc) is 2.29. The van der Waals surface area contributed by atoms with Crippen LogP contribution in [0.2, 0.25) is 0 Å². The molecule has 0 aromatic carbocycles. The van der Waals surface area contributed by atoms with Crippen LogP contribution in [-0.4, -0.2) is 13.4 Å². The molecule has 0 atom stereocenters. The maximum Gasteiger partial charge on any atom is 0.215 e. The van der Waals surface area contributed by atoms with E-state index in [0.29, 0.717) is 5.01 Å². The van der Waals surface area contributed by atoms with Gasteiger partial charge in [0.05, 0.1) is 5.69 Å². The number of rotatable bonds is 2. The number of nitrogens with two attached hydrogens (primary N) is 1. The Hall–Kier alpha value is -0.460. The lowest BCUT2D eigenvalue weighted by Gasteiger charge is -2.14. The van der Waals surface area contributed by atoms with Gasteiger partial charge in [0, 0.05) is 10.8 Å². The van der Waals surface area contributed by atoms with E-state index in [-0.39, 0.29) is 11.2 Å². The molecule has 2 N–H and O–H groups in total. The highest BCUT2D eigenvalue weighted by atomic mass is 32.2. The Bertz CT molecular complexity index is 415. The van der Waals surface area contributed by atoms with Gasteiger partial charge in [0.25, 0.3) is 0 Å². The van der Waals surface area contributed by atoms with Crippen LogP contribution < -0.4 is 5.14 Å². The molecule has 1 aromatic heterocycles. The summed E-state index contributed by atoms with van der Waals surface area (Å²) in [5, 5.41) is 7.35. The fraction of sp³-hybridized carbons (Fsp3) is 0.625. The predicted molar refractivity (Wildman–Crippen MR) is 57.6 cm³/mol. The third kappa shape index (κ3) is 3.36. The van der Waals surface area contributed by atoms with Gasteiger partial charge in [-0.1, -0.05) is 20.8 Å². The first-order valence-electron chi connectivity index (χ1n) is 4.14. The number of primary sulfonamides is 1. The second kappa shape index (κ2) is 3.60. The molecule has 1 heterocycles. The zero-order valence-electron chi connectivity index (χ0n) is 8.44. The van der Waals surface area contributed by atoms with E-state index < -0.39 is 10.0 Å². The number of sulfonamides is 1. The van der Waals surface area contributed by atoms with Crippen LogP contribution in [0, 0.1) is 0 Å². The lowest BCUT2D eigenvalue weighted by Crippen LogP contribution is -2.15. The van der Waals surface area contributed by atoms with Crippen LogP contribution in [0.4, 0.5) is 0 Å². The van der Waals surface area contributed by atoms with E-state index >= 15 is 0 Å². The van der Waals surface area contributed by atoms with Crippen molar-refractivity contribution in [2.24, 2.45) is 5.14 Å². The first-order chi connectivity index (χ1) is 6.18. The monoisotopic (exact) mass is 234 g/mol. The average molecular weight is 234 g/mol. The smallest absolute Gasteiger partial charge is 0.215 e. The highest BCUT2D eigenvalue weighted by molar-refractivity contribution is 7.88. The Balaban J connectivity index is 2.90. The summed E-state index contributed by atoms with van der Waals surface area (Å²) < 4.78 is 21.6. The molecule has 0 bridgehead atoms. The summed E-state index contributed by atoms with van der Waals surface area (Å²) in [5.74, 6) is -0.173. The van der Waals surface area contributed by atoms with E-state index in [1.54, 1.807) is 0 Å². The van der Waals surface area contributed by atoms with Crippen LogP contribution in [0.25, 0.3) is 0 Å². The minimum absolute atomic E-state index is 0.0485. The molecule has 14 heavy (non-hydrogen) atoms. The Morgan fingerprint density at radius 1 is 1.50 bits per heavy atom. The highest BCUT2D eigenvalue weighted by Crippen LogP contribution is 2.24. The lowest BCUT2D eigenvalue weighted by molar-refractivity contribution is 0.570. The summed E-state index contributed by atoms with van der Waals surface area (Å²) >= 11 is 1.33. The van der Waals surface area contributed by atoms with E-state index in [9.17, 15) is 8.42 Å². The molecule has 0 saturated heterocycles. The van der Waals surface area contributed by atoms with Gasteiger partial charge in [0.15, 0.2) is 0 Å². The van der Waals surface area contributed by atoms with Crippen LogP contribution in [-0.2, 0) is 21.2 Å². The van der Waals surface area contributed by atoms with Crippen molar-refractivity contribution in [3.8, 4) is 0 Å². The number of hydrogen-bond acceptors (Lipinski definition) is 4. The standard InChI is InChI=1S/C8H14N2O2S2/c1-8(2,3)6-4-13-7(10-6)5-14(9,11)12/h4H,5H2,1-3H3,(H2,9,11,12). The Morgan fingerprint density at radius 3 is 2.43 bits per heavy atom. The van der Waals surface area contributed by atoms with Crippen LogP contribution in [0.1, 0.15) is 31.5 Å². The number of hydrogen-bond donors (Lipinski definition) is 1. The first-order valence-corrected chi connectivity index (χ1v) is 6.73. The quantitative estimate of drug-likeness (QED) is 0.836. The van der Waals surface area contributed by atoms with E-state index in [0.717, 1.165) is 5.69 Å². The number of aromatic nitrogens is 1. The topological polar surface area (TPSA) is 73.1 Å². The summed E-state index contributed by atoms with van der Waals surface area (Å²) in [7, 11) is -3.46. The van der Waals surface area contributed by atoms with Crippen molar-refractivity contribution < 1.29 is 8.42 Å². The van der Waals surface area contributed by atoms with Gasteiger partial charge in [-0.05, 0) is 0 Å². The van der Waals surface area contributed by atoms with Crippen molar-refractivity contribution in [3.63, 3.8) is 0 Å². The molecule has 0 saturated carbocycles. The number of thiazole rings is 1. The molecule has 0 amide bonds. The van der Waals surface area contributed by atoms with Gasteiger partial charge in [-0.15, -0.1) is 11.3 Å². The van der Waals surface area contributed by atoms with Crippen molar-refractivity contribution in [2.45, 2.75) is 31.9 Å². The summed E-state index contributed by atoms with van der Waals surface area (Å²) in [6.07, 6.45) is 0. The van der Waals surface area contributed by atoms with Crippen LogP contribution in [0.3, 0.4) is 0 Å². The van der Waals surface area contributed by atoms with Crippen molar-refractivity contribution in [3.05, 3.63) is 16.1 Å². The molecule has 0 radical (unpaired) electrons. The summed E-state index contributed by atoms with van der Waals surface area (Å²) in [4.78, 5) is 4.23. The molecule has 1 rings (SSSR count). The largest absolute Gasteiger partial charge is 0.245 e. The molecule has 4 nitrogen and oxygen atoms in total. The SMILES string of the molecule is CC(C)(C)c1csc(CS(N)(=O)=O)n1. The van der Waals surface area contributed by atoms with Crippen molar-refractivity contribution in [2.75, 3.05) is 0 Å². The maximum absolute atomic E-state index is 10.8. The second-order valence-corrected chi connectivity index (χ2v) is 6.74. The molecule has 0 unspecified atom stereocenters. The fourth-order valence-electron chi connectivity index (χ4n) is 0.894.